The highest BCUT2D eigenvalue weighted by Gasteiger charge is 2.37. The van der Waals surface area contributed by atoms with Crippen molar-refractivity contribution < 1.29 is 9.53 Å². The summed E-state index contributed by atoms with van der Waals surface area (Å²) in [6.07, 6.45) is 6.95. The van der Waals surface area contributed by atoms with Crippen molar-refractivity contribution in [2.24, 2.45) is 0 Å². The van der Waals surface area contributed by atoms with Gasteiger partial charge in [-0.25, -0.2) is 0 Å². The Morgan fingerprint density at radius 1 is 1.18 bits per heavy atom. The summed E-state index contributed by atoms with van der Waals surface area (Å²) in [5.41, 5.74) is 1.38. The lowest BCUT2D eigenvalue weighted by molar-refractivity contribution is 0.0726. The second kappa shape index (κ2) is 6.30. The van der Waals surface area contributed by atoms with Crippen LogP contribution in [0.4, 0.5) is 0 Å². The number of allylic oxidation sites excluding steroid dienone is 1. The highest BCUT2D eigenvalue weighted by atomic mass is 28.4. The maximum absolute atomic E-state index is 10.7. The Morgan fingerprint density at radius 3 is 2.32 bits per heavy atom. The zero-order valence-electron chi connectivity index (χ0n) is 14.6. The average Bonchev–Trinajstić information content (AvgIpc) is 2.45. The molecule has 3 heteroatoms. The second-order valence-electron chi connectivity index (χ2n) is 7.96. The molecule has 0 heterocycles. The van der Waals surface area contributed by atoms with Gasteiger partial charge in [0.25, 0.3) is 0 Å². The molecule has 0 saturated carbocycles. The molecule has 0 aromatic heterocycles. The second-order valence-corrected chi connectivity index (χ2v) is 12.8. The van der Waals surface area contributed by atoms with Crippen LogP contribution in [0.25, 0.3) is 0 Å². The van der Waals surface area contributed by atoms with E-state index in [1.165, 1.54) is 5.56 Å². The van der Waals surface area contributed by atoms with E-state index in [1.54, 1.807) is 0 Å². The Hall–Kier alpha value is -0.903. The number of aliphatic hydroxyl groups is 1. The fraction of sp³-hybridized carbons (Fsp3) is 0.579. The van der Waals surface area contributed by atoms with E-state index in [0.29, 0.717) is 6.61 Å². The Bertz CT molecular complexity index is 525. The van der Waals surface area contributed by atoms with Crippen molar-refractivity contribution in [1.29, 1.82) is 0 Å². The van der Waals surface area contributed by atoms with Crippen LogP contribution in [0.1, 0.15) is 51.2 Å². The average molecular weight is 319 g/mol. The third kappa shape index (κ3) is 3.89. The van der Waals surface area contributed by atoms with Gasteiger partial charge in [0, 0.05) is 0 Å². The first-order valence-electron chi connectivity index (χ1n) is 8.28. The minimum Gasteiger partial charge on any atom is -0.413 e. The molecule has 0 spiro atoms. The first-order chi connectivity index (χ1) is 10.1. The van der Waals surface area contributed by atoms with Gasteiger partial charge in [-0.1, -0.05) is 57.2 Å². The molecule has 0 fully saturated rings. The molecule has 2 rings (SSSR count). The van der Waals surface area contributed by atoms with Gasteiger partial charge in [0.2, 0.25) is 0 Å². The van der Waals surface area contributed by atoms with Crippen molar-refractivity contribution in [3.63, 3.8) is 0 Å². The van der Waals surface area contributed by atoms with Crippen molar-refractivity contribution in [2.75, 3.05) is 0 Å². The van der Waals surface area contributed by atoms with Gasteiger partial charge in [-0.05, 0) is 48.5 Å². The summed E-state index contributed by atoms with van der Waals surface area (Å²) in [7, 11) is -1.71. The van der Waals surface area contributed by atoms with Crippen molar-refractivity contribution in [2.45, 2.75) is 70.4 Å². The van der Waals surface area contributed by atoms with Gasteiger partial charge in [0.1, 0.15) is 5.60 Å². The van der Waals surface area contributed by atoms with Crippen LogP contribution in [0.5, 0.6) is 0 Å². The lowest BCUT2D eigenvalue weighted by atomic mass is 9.84. The SMILES string of the molecule is CC(C)(C)[Si](C)(C)OCc1ccc(C2(O)C=CCCC2)cc1. The molecule has 1 N–H and O–H groups in total. The van der Waals surface area contributed by atoms with E-state index in [0.717, 1.165) is 24.8 Å². The molecule has 1 atom stereocenters. The van der Waals surface area contributed by atoms with E-state index >= 15 is 0 Å². The van der Waals surface area contributed by atoms with Crippen molar-refractivity contribution >= 4 is 8.32 Å². The zero-order valence-corrected chi connectivity index (χ0v) is 15.6. The van der Waals surface area contributed by atoms with Crippen LogP contribution in [0, 0.1) is 0 Å². The largest absolute Gasteiger partial charge is 0.413 e. The predicted molar refractivity (Wildman–Crippen MR) is 95.3 cm³/mol. The van der Waals surface area contributed by atoms with Gasteiger partial charge in [0.15, 0.2) is 8.32 Å². The number of benzene rings is 1. The molecule has 0 radical (unpaired) electrons. The van der Waals surface area contributed by atoms with E-state index < -0.39 is 13.9 Å². The summed E-state index contributed by atoms with van der Waals surface area (Å²) < 4.78 is 6.25. The summed E-state index contributed by atoms with van der Waals surface area (Å²) >= 11 is 0. The summed E-state index contributed by atoms with van der Waals surface area (Å²) in [5, 5.41) is 10.9. The molecule has 1 aromatic rings. The Morgan fingerprint density at radius 2 is 1.82 bits per heavy atom. The maximum Gasteiger partial charge on any atom is 0.192 e. The van der Waals surface area contributed by atoms with Crippen LogP contribution in [0.2, 0.25) is 18.1 Å². The van der Waals surface area contributed by atoms with E-state index in [-0.39, 0.29) is 5.04 Å². The quantitative estimate of drug-likeness (QED) is 0.615. The third-order valence-corrected chi connectivity index (χ3v) is 9.66. The van der Waals surface area contributed by atoms with E-state index in [4.69, 9.17) is 4.43 Å². The standard InChI is InChI=1S/C19H30O2Si/c1-18(2,3)22(4,5)21-15-16-9-11-17(12-10-16)19(20)13-7-6-8-14-19/h7,9-13,20H,6,8,14-15H2,1-5H3. The molecule has 1 aromatic carbocycles. The highest BCUT2D eigenvalue weighted by Crippen LogP contribution is 2.37. The molecule has 0 amide bonds. The maximum atomic E-state index is 10.7. The summed E-state index contributed by atoms with van der Waals surface area (Å²) in [4.78, 5) is 0. The molecule has 0 saturated heterocycles. The van der Waals surface area contributed by atoms with Crippen molar-refractivity contribution in [3.8, 4) is 0 Å². The molecule has 1 aliphatic rings. The number of hydrogen-bond acceptors (Lipinski definition) is 2. The van der Waals surface area contributed by atoms with Gasteiger partial charge >= 0.3 is 0 Å². The predicted octanol–water partition coefficient (Wildman–Crippen LogP) is 5.14. The molecule has 22 heavy (non-hydrogen) atoms. The van der Waals surface area contributed by atoms with Gasteiger partial charge < -0.3 is 9.53 Å². The summed E-state index contributed by atoms with van der Waals surface area (Å²) in [5.74, 6) is 0. The summed E-state index contributed by atoms with van der Waals surface area (Å²) in [6, 6.07) is 8.26. The Labute approximate surface area is 136 Å². The van der Waals surface area contributed by atoms with Crippen LogP contribution in [0.3, 0.4) is 0 Å². The number of rotatable bonds is 4. The molecule has 1 aliphatic carbocycles. The monoisotopic (exact) mass is 318 g/mol. The Balaban J connectivity index is 2.04. The van der Waals surface area contributed by atoms with Crippen LogP contribution < -0.4 is 0 Å². The van der Waals surface area contributed by atoms with Gasteiger partial charge in [-0.2, -0.15) is 0 Å². The normalized spacial score (nSPS) is 22.8. The molecule has 122 valence electrons. The third-order valence-electron chi connectivity index (χ3n) is 5.18. The lowest BCUT2D eigenvalue weighted by Crippen LogP contribution is -2.40. The lowest BCUT2D eigenvalue weighted by Gasteiger charge is -2.36. The smallest absolute Gasteiger partial charge is 0.192 e. The van der Waals surface area contributed by atoms with Crippen LogP contribution in [-0.4, -0.2) is 13.4 Å². The molecular weight excluding hydrogens is 288 g/mol. The van der Waals surface area contributed by atoms with Crippen LogP contribution >= 0.6 is 0 Å². The highest BCUT2D eigenvalue weighted by molar-refractivity contribution is 6.74. The van der Waals surface area contributed by atoms with Gasteiger partial charge in [-0.15, -0.1) is 0 Å². The topological polar surface area (TPSA) is 29.5 Å². The van der Waals surface area contributed by atoms with Gasteiger partial charge in [0.05, 0.1) is 6.61 Å². The van der Waals surface area contributed by atoms with E-state index in [2.05, 4.69) is 52.1 Å². The van der Waals surface area contributed by atoms with Gasteiger partial charge in [-0.3, -0.25) is 0 Å². The molecule has 0 bridgehead atoms. The first-order valence-corrected chi connectivity index (χ1v) is 11.2. The molecule has 0 aliphatic heterocycles. The van der Waals surface area contributed by atoms with Crippen LogP contribution in [0.15, 0.2) is 36.4 Å². The zero-order chi connectivity index (χ0) is 16.4. The Kier molecular flexibility index (Phi) is 5.00. The fourth-order valence-corrected chi connectivity index (χ4v) is 3.42. The van der Waals surface area contributed by atoms with E-state index in [1.807, 2.05) is 18.2 Å². The fourth-order valence-electron chi connectivity index (χ4n) is 2.46. The summed E-state index contributed by atoms with van der Waals surface area (Å²) in [6.45, 7) is 12.0. The molecule has 2 nitrogen and oxygen atoms in total. The van der Waals surface area contributed by atoms with E-state index in [9.17, 15) is 5.11 Å². The minimum absolute atomic E-state index is 0.231. The molecular formula is C19H30O2Si. The molecule has 1 unspecified atom stereocenters. The van der Waals surface area contributed by atoms with Crippen molar-refractivity contribution in [1.82, 2.24) is 0 Å². The van der Waals surface area contributed by atoms with Crippen LogP contribution in [-0.2, 0) is 16.6 Å². The minimum atomic E-state index is -1.71. The van der Waals surface area contributed by atoms with Crippen molar-refractivity contribution in [3.05, 3.63) is 47.5 Å². The first kappa shape index (κ1) is 17.5. The number of hydrogen-bond donors (Lipinski definition) is 1.